The van der Waals surface area contributed by atoms with Crippen molar-refractivity contribution in [1.82, 2.24) is 4.98 Å². The molecule has 0 unspecified atom stereocenters. The number of para-hydroxylation sites is 1. The molecule has 0 fully saturated rings. The minimum absolute atomic E-state index is 0. The molecule has 1 heterocycles. The first-order valence-corrected chi connectivity index (χ1v) is 3.41. The number of hydrogen-bond donors (Lipinski definition) is 1. The number of fused-ring (bicyclic) bond motifs is 1. The third kappa shape index (κ3) is 1.58. The molecule has 1 N–H and O–H groups in total. The summed E-state index contributed by atoms with van der Waals surface area (Å²) >= 11 is 0. The average Bonchev–Trinajstić information content (AvgIpc) is 2.04. The van der Waals surface area contributed by atoms with Crippen molar-refractivity contribution in [2.75, 3.05) is 0 Å². The monoisotopic (exact) mass is 197 g/mol. The van der Waals surface area contributed by atoms with Gasteiger partial charge in [0.15, 0.2) is 0 Å². The van der Waals surface area contributed by atoms with Gasteiger partial charge in [0.1, 0.15) is 0 Å². The van der Waals surface area contributed by atoms with Gasteiger partial charge in [0, 0.05) is 28.8 Å². The van der Waals surface area contributed by atoms with Crippen molar-refractivity contribution >= 4 is 10.9 Å². The zero-order valence-corrected chi connectivity index (χ0v) is 7.54. The van der Waals surface area contributed by atoms with Gasteiger partial charge in [-0.3, -0.25) is 0 Å². The van der Waals surface area contributed by atoms with Crippen LogP contribution < -0.4 is 0 Å². The van der Waals surface area contributed by atoms with Crippen LogP contribution >= 0.6 is 0 Å². The molecule has 1 aromatic carbocycles. The molecule has 0 bridgehead atoms. The van der Waals surface area contributed by atoms with Crippen LogP contribution in [0.1, 0.15) is 0 Å². The Labute approximate surface area is 81.0 Å². The van der Waals surface area contributed by atoms with Gasteiger partial charge in [0.05, 0.1) is 5.52 Å². The van der Waals surface area contributed by atoms with Crippen LogP contribution in [0.2, 0.25) is 0 Å². The first kappa shape index (κ1) is 9.05. The third-order valence-corrected chi connectivity index (χ3v) is 1.58. The van der Waals surface area contributed by atoms with Gasteiger partial charge in [0.2, 0.25) is 5.88 Å². The van der Waals surface area contributed by atoms with Crippen LogP contribution in [0, 0.1) is 0 Å². The maximum Gasteiger partial charge on any atom is 0.211 e. The van der Waals surface area contributed by atoms with Crippen LogP contribution in [0.15, 0.2) is 36.4 Å². The number of aromatic nitrogens is 1. The van der Waals surface area contributed by atoms with E-state index in [1.54, 1.807) is 6.07 Å². The van der Waals surface area contributed by atoms with Gasteiger partial charge in [-0.1, -0.05) is 18.2 Å². The Morgan fingerprint density at radius 1 is 1.00 bits per heavy atom. The molecule has 0 spiro atoms. The Bertz CT molecular complexity index is 389. The van der Waals surface area contributed by atoms with Crippen molar-refractivity contribution in [3.8, 4) is 5.88 Å². The van der Waals surface area contributed by atoms with Crippen molar-refractivity contribution in [1.29, 1.82) is 0 Å². The summed E-state index contributed by atoms with van der Waals surface area (Å²) < 4.78 is 0. The molecule has 0 aliphatic carbocycles. The average molecular weight is 197 g/mol. The van der Waals surface area contributed by atoms with E-state index < -0.39 is 0 Å². The fraction of sp³-hybridized carbons (Fsp3) is 0. The number of pyridine rings is 1. The first-order valence-electron chi connectivity index (χ1n) is 3.41. The third-order valence-electron chi connectivity index (χ3n) is 1.58. The number of aromatic hydroxyl groups is 1. The largest absolute Gasteiger partial charge is 0.493 e. The minimum atomic E-state index is 0. The predicted molar refractivity (Wildman–Crippen MR) is 43.4 cm³/mol. The molecule has 2 aromatic rings. The summed E-state index contributed by atoms with van der Waals surface area (Å²) in [5, 5.41) is 10.1. The Morgan fingerprint density at radius 2 is 1.75 bits per heavy atom. The molecule has 0 aliphatic rings. The molecular formula is C9H7CrNO. The molecule has 0 saturated heterocycles. The normalized spacial score (nSPS) is 9.33. The van der Waals surface area contributed by atoms with Crippen molar-refractivity contribution < 1.29 is 22.5 Å². The van der Waals surface area contributed by atoms with E-state index in [9.17, 15) is 0 Å². The molecule has 0 saturated carbocycles. The van der Waals surface area contributed by atoms with Crippen LogP contribution in [-0.2, 0) is 17.4 Å². The fourth-order valence-electron chi connectivity index (χ4n) is 1.06. The van der Waals surface area contributed by atoms with Gasteiger partial charge < -0.3 is 5.11 Å². The van der Waals surface area contributed by atoms with Crippen LogP contribution in [0.5, 0.6) is 5.88 Å². The Balaban J connectivity index is 0.000000720. The van der Waals surface area contributed by atoms with Crippen LogP contribution in [0.3, 0.4) is 0 Å². The molecular weight excluding hydrogens is 190 g/mol. The molecule has 2 rings (SSSR count). The van der Waals surface area contributed by atoms with Crippen LogP contribution in [0.25, 0.3) is 10.9 Å². The van der Waals surface area contributed by atoms with E-state index in [-0.39, 0.29) is 23.2 Å². The Morgan fingerprint density at radius 3 is 2.58 bits per heavy atom. The second kappa shape index (κ2) is 3.57. The Kier molecular flexibility index (Phi) is 2.70. The van der Waals surface area contributed by atoms with Gasteiger partial charge in [0.25, 0.3) is 0 Å². The Hall–Kier alpha value is -1.04. The van der Waals surface area contributed by atoms with Gasteiger partial charge in [-0.15, -0.1) is 0 Å². The molecule has 0 radical (unpaired) electrons. The molecule has 2 nitrogen and oxygen atoms in total. The minimum Gasteiger partial charge on any atom is -0.493 e. The molecule has 3 heteroatoms. The van der Waals surface area contributed by atoms with E-state index in [2.05, 4.69) is 4.98 Å². The summed E-state index contributed by atoms with van der Waals surface area (Å²) in [7, 11) is 0. The number of nitrogens with zero attached hydrogens (tertiary/aromatic N) is 1. The summed E-state index contributed by atoms with van der Waals surface area (Å²) in [4.78, 5) is 3.93. The maximum absolute atomic E-state index is 9.02. The fourth-order valence-corrected chi connectivity index (χ4v) is 1.06. The second-order valence-corrected chi connectivity index (χ2v) is 2.36. The van der Waals surface area contributed by atoms with Crippen molar-refractivity contribution in [2.45, 2.75) is 0 Å². The number of hydrogen-bond acceptors (Lipinski definition) is 2. The van der Waals surface area contributed by atoms with Gasteiger partial charge in [-0.25, -0.2) is 4.98 Å². The smallest absolute Gasteiger partial charge is 0.211 e. The second-order valence-electron chi connectivity index (χ2n) is 2.36. The van der Waals surface area contributed by atoms with E-state index >= 15 is 0 Å². The topological polar surface area (TPSA) is 33.1 Å². The van der Waals surface area contributed by atoms with Crippen molar-refractivity contribution in [2.24, 2.45) is 0 Å². The van der Waals surface area contributed by atoms with Gasteiger partial charge >= 0.3 is 0 Å². The van der Waals surface area contributed by atoms with E-state index in [1.807, 2.05) is 30.3 Å². The number of rotatable bonds is 0. The van der Waals surface area contributed by atoms with E-state index in [0.717, 1.165) is 10.9 Å². The summed E-state index contributed by atoms with van der Waals surface area (Å²) in [5.74, 6) is 0.0729. The van der Waals surface area contributed by atoms with Gasteiger partial charge in [-0.2, -0.15) is 0 Å². The molecule has 12 heavy (non-hydrogen) atoms. The van der Waals surface area contributed by atoms with Crippen molar-refractivity contribution in [3.05, 3.63) is 36.4 Å². The van der Waals surface area contributed by atoms with Crippen molar-refractivity contribution in [3.63, 3.8) is 0 Å². The van der Waals surface area contributed by atoms with Crippen LogP contribution in [-0.4, -0.2) is 10.1 Å². The summed E-state index contributed by atoms with van der Waals surface area (Å²) in [6.45, 7) is 0. The molecule has 0 amide bonds. The zero-order chi connectivity index (χ0) is 7.68. The molecule has 60 valence electrons. The quantitative estimate of drug-likeness (QED) is 0.700. The van der Waals surface area contributed by atoms with Gasteiger partial charge in [-0.05, 0) is 12.1 Å². The van der Waals surface area contributed by atoms with E-state index in [1.165, 1.54) is 0 Å². The summed E-state index contributed by atoms with van der Waals surface area (Å²) in [6, 6.07) is 11.1. The van der Waals surface area contributed by atoms with Crippen LogP contribution in [0.4, 0.5) is 0 Å². The zero-order valence-electron chi connectivity index (χ0n) is 6.27. The molecule has 1 aromatic heterocycles. The maximum atomic E-state index is 9.02. The van der Waals surface area contributed by atoms with E-state index in [4.69, 9.17) is 5.11 Å². The first-order chi connectivity index (χ1) is 5.36. The number of benzene rings is 1. The molecule has 0 aliphatic heterocycles. The summed E-state index contributed by atoms with van der Waals surface area (Å²) in [6.07, 6.45) is 0. The predicted octanol–water partition coefficient (Wildman–Crippen LogP) is 1.94. The molecule has 0 atom stereocenters. The SMILES string of the molecule is Oc1ccc2ccccc2n1.[Cr]. The standard InChI is InChI=1S/C9H7NO.Cr/c11-9-6-5-7-3-1-2-4-8(7)10-9;/h1-6H,(H,10,11);. The van der Waals surface area contributed by atoms with E-state index in [0.29, 0.717) is 0 Å². The summed E-state index contributed by atoms with van der Waals surface area (Å²) in [5.41, 5.74) is 0.826.